The second-order valence-corrected chi connectivity index (χ2v) is 6.56. The smallest absolute Gasteiger partial charge is 0.410 e. The summed E-state index contributed by atoms with van der Waals surface area (Å²) < 4.78 is 5.27. The maximum atomic E-state index is 11.9. The Bertz CT molecular complexity index is 343. The van der Waals surface area contributed by atoms with Crippen LogP contribution in [0.15, 0.2) is 0 Å². The lowest BCUT2D eigenvalue weighted by Gasteiger charge is -2.41. The van der Waals surface area contributed by atoms with Crippen LogP contribution in [0.4, 0.5) is 4.79 Å². The van der Waals surface area contributed by atoms with E-state index in [9.17, 15) is 14.7 Å². The largest absolute Gasteiger partial charge is 0.481 e. The summed E-state index contributed by atoms with van der Waals surface area (Å²) in [6.45, 7) is 10.0. The summed E-state index contributed by atoms with van der Waals surface area (Å²) in [5, 5.41) is 9.23. The second kappa shape index (κ2) is 4.78. The zero-order valence-corrected chi connectivity index (χ0v) is 11.8. The number of carbonyl (C=O) groups is 2. The molecule has 0 aromatic heterocycles. The Labute approximate surface area is 108 Å². The molecule has 0 saturated carbocycles. The summed E-state index contributed by atoms with van der Waals surface area (Å²) in [5.74, 6) is -1.40. The molecule has 1 amide bonds. The van der Waals surface area contributed by atoms with Crippen molar-refractivity contribution in [3.63, 3.8) is 0 Å². The van der Waals surface area contributed by atoms with Gasteiger partial charge in [0.15, 0.2) is 0 Å². The van der Waals surface area contributed by atoms with Crippen molar-refractivity contribution in [2.75, 3.05) is 13.1 Å². The highest BCUT2D eigenvalue weighted by Crippen LogP contribution is 2.36. The lowest BCUT2D eigenvalue weighted by atomic mass is 9.73. The maximum Gasteiger partial charge on any atom is 0.410 e. The fourth-order valence-corrected chi connectivity index (χ4v) is 2.06. The van der Waals surface area contributed by atoms with Gasteiger partial charge in [0, 0.05) is 13.1 Å². The van der Waals surface area contributed by atoms with Crippen LogP contribution in [0.5, 0.6) is 0 Å². The first-order chi connectivity index (χ1) is 8.03. The quantitative estimate of drug-likeness (QED) is 0.783. The van der Waals surface area contributed by atoms with E-state index in [1.54, 1.807) is 20.8 Å². The van der Waals surface area contributed by atoms with Gasteiger partial charge in [-0.3, -0.25) is 4.79 Å². The average molecular weight is 257 g/mol. The molecule has 0 radical (unpaired) electrons. The van der Waals surface area contributed by atoms with Crippen molar-refractivity contribution in [3.05, 3.63) is 0 Å². The van der Waals surface area contributed by atoms with Crippen LogP contribution in [0.25, 0.3) is 0 Å². The highest BCUT2D eigenvalue weighted by atomic mass is 16.6. The Morgan fingerprint density at radius 3 is 2.33 bits per heavy atom. The minimum atomic E-state index is -0.853. The first kappa shape index (κ1) is 14.8. The highest BCUT2D eigenvalue weighted by Gasteiger charge is 2.42. The van der Waals surface area contributed by atoms with E-state index in [-0.39, 0.29) is 12.0 Å². The molecule has 1 rings (SSSR count). The number of aliphatic carboxylic acids is 1. The molecule has 1 atom stereocenters. The van der Waals surface area contributed by atoms with Gasteiger partial charge in [-0.15, -0.1) is 0 Å². The molecule has 104 valence electrons. The summed E-state index contributed by atoms with van der Waals surface area (Å²) in [5.41, 5.74) is -0.840. The van der Waals surface area contributed by atoms with Crippen molar-refractivity contribution in [2.45, 2.75) is 46.6 Å². The van der Waals surface area contributed by atoms with Gasteiger partial charge in [-0.2, -0.15) is 0 Å². The van der Waals surface area contributed by atoms with Crippen LogP contribution in [0.1, 0.15) is 41.0 Å². The molecule has 1 aliphatic rings. The normalized spacial score (nSPS) is 23.6. The predicted octanol–water partition coefficient (Wildman–Crippen LogP) is 2.35. The monoisotopic (exact) mass is 257 g/mol. The van der Waals surface area contributed by atoms with Gasteiger partial charge >= 0.3 is 12.1 Å². The topological polar surface area (TPSA) is 66.8 Å². The molecule has 18 heavy (non-hydrogen) atoms. The van der Waals surface area contributed by atoms with E-state index in [0.717, 1.165) is 0 Å². The fourth-order valence-electron chi connectivity index (χ4n) is 2.06. The van der Waals surface area contributed by atoms with Gasteiger partial charge < -0.3 is 14.7 Å². The van der Waals surface area contributed by atoms with Gasteiger partial charge in [-0.25, -0.2) is 4.79 Å². The van der Waals surface area contributed by atoms with E-state index >= 15 is 0 Å². The van der Waals surface area contributed by atoms with Gasteiger partial charge in [-0.05, 0) is 32.6 Å². The van der Waals surface area contributed by atoms with Crippen LogP contribution in [0.3, 0.4) is 0 Å². The molecule has 0 aromatic rings. The highest BCUT2D eigenvalue weighted by molar-refractivity contribution is 5.74. The zero-order valence-electron chi connectivity index (χ0n) is 11.8. The third-order valence-corrected chi connectivity index (χ3v) is 3.32. The molecule has 0 aliphatic carbocycles. The number of carboxylic acid groups (broad SMARTS) is 1. The SMILES string of the molecule is CC(C)(C)OC(=O)N1CCC(C)(C)C(C(=O)O)C1. The minimum absolute atomic E-state index is 0.219. The molecule has 1 heterocycles. The Kier molecular flexibility index (Phi) is 3.93. The van der Waals surface area contributed by atoms with Crippen molar-refractivity contribution in [1.29, 1.82) is 0 Å². The number of ether oxygens (including phenoxy) is 1. The number of nitrogens with zero attached hydrogens (tertiary/aromatic N) is 1. The van der Waals surface area contributed by atoms with Gasteiger partial charge in [0.1, 0.15) is 5.60 Å². The molecule has 0 aromatic carbocycles. The summed E-state index contributed by atoms with van der Waals surface area (Å²) in [6, 6.07) is 0. The minimum Gasteiger partial charge on any atom is -0.481 e. The van der Waals surface area contributed by atoms with E-state index < -0.39 is 23.6 Å². The first-order valence-electron chi connectivity index (χ1n) is 6.24. The molecule has 1 fully saturated rings. The van der Waals surface area contributed by atoms with E-state index in [1.807, 2.05) is 13.8 Å². The predicted molar refractivity (Wildman–Crippen MR) is 67.3 cm³/mol. The number of piperidine rings is 1. The number of rotatable bonds is 1. The van der Waals surface area contributed by atoms with E-state index in [0.29, 0.717) is 13.0 Å². The standard InChI is InChI=1S/C13H23NO4/c1-12(2,3)18-11(17)14-7-6-13(4,5)9(8-14)10(15)16/h9H,6-8H2,1-5H3,(H,15,16). The molecular formula is C13H23NO4. The summed E-state index contributed by atoms with van der Waals surface area (Å²) in [7, 11) is 0. The van der Waals surface area contributed by atoms with Crippen LogP contribution in [0, 0.1) is 11.3 Å². The molecule has 1 aliphatic heterocycles. The van der Waals surface area contributed by atoms with Gasteiger partial charge in [0.2, 0.25) is 0 Å². The van der Waals surface area contributed by atoms with Crippen molar-refractivity contribution < 1.29 is 19.4 Å². The number of hydrogen-bond donors (Lipinski definition) is 1. The number of carboxylic acids is 1. The summed E-state index contributed by atoms with van der Waals surface area (Å²) in [4.78, 5) is 24.6. The molecule has 0 bridgehead atoms. The number of likely N-dealkylation sites (tertiary alicyclic amines) is 1. The van der Waals surface area contributed by atoms with Crippen LogP contribution >= 0.6 is 0 Å². The molecule has 5 nitrogen and oxygen atoms in total. The summed E-state index contributed by atoms with van der Waals surface area (Å²) in [6.07, 6.45) is 0.243. The van der Waals surface area contributed by atoms with Crippen molar-refractivity contribution in [1.82, 2.24) is 4.90 Å². The number of carbonyl (C=O) groups excluding carboxylic acids is 1. The number of amides is 1. The first-order valence-corrected chi connectivity index (χ1v) is 6.24. The Morgan fingerprint density at radius 1 is 1.33 bits per heavy atom. The Hall–Kier alpha value is -1.26. The molecule has 0 spiro atoms. The second-order valence-electron chi connectivity index (χ2n) is 6.56. The lowest BCUT2D eigenvalue weighted by molar-refractivity contribution is -0.148. The molecule has 1 saturated heterocycles. The fraction of sp³-hybridized carbons (Fsp3) is 0.846. The third-order valence-electron chi connectivity index (χ3n) is 3.32. The number of hydrogen-bond acceptors (Lipinski definition) is 3. The lowest BCUT2D eigenvalue weighted by Crippen LogP contribution is -2.51. The Morgan fingerprint density at radius 2 is 1.89 bits per heavy atom. The van der Waals surface area contributed by atoms with Gasteiger partial charge in [-0.1, -0.05) is 13.8 Å². The van der Waals surface area contributed by atoms with Crippen LogP contribution in [-0.4, -0.2) is 40.8 Å². The van der Waals surface area contributed by atoms with Crippen LogP contribution < -0.4 is 0 Å². The maximum absolute atomic E-state index is 11.9. The Balaban J connectivity index is 2.72. The molecule has 1 N–H and O–H groups in total. The van der Waals surface area contributed by atoms with Crippen LogP contribution in [-0.2, 0) is 9.53 Å². The van der Waals surface area contributed by atoms with Crippen molar-refractivity contribution in [3.8, 4) is 0 Å². The van der Waals surface area contributed by atoms with E-state index in [1.165, 1.54) is 4.90 Å². The summed E-state index contributed by atoms with van der Waals surface area (Å²) >= 11 is 0. The molecule has 1 unspecified atom stereocenters. The van der Waals surface area contributed by atoms with Crippen LogP contribution in [0.2, 0.25) is 0 Å². The third kappa shape index (κ3) is 3.62. The van der Waals surface area contributed by atoms with Crippen molar-refractivity contribution in [2.24, 2.45) is 11.3 Å². The average Bonchev–Trinajstić information content (AvgIpc) is 2.13. The van der Waals surface area contributed by atoms with Gasteiger partial charge in [0.05, 0.1) is 5.92 Å². The van der Waals surface area contributed by atoms with E-state index in [4.69, 9.17) is 4.74 Å². The van der Waals surface area contributed by atoms with Crippen molar-refractivity contribution >= 4 is 12.1 Å². The van der Waals surface area contributed by atoms with E-state index in [2.05, 4.69) is 0 Å². The molecular weight excluding hydrogens is 234 g/mol. The molecule has 5 heteroatoms. The van der Waals surface area contributed by atoms with Gasteiger partial charge in [0.25, 0.3) is 0 Å². The zero-order chi connectivity index (χ0) is 14.1.